The Morgan fingerprint density at radius 3 is 2.44 bits per heavy atom. The van der Waals surface area contributed by atoms with Crippen molar-refractivity contribution in [2.24, 2.45) is 5.73 Å². The molecular formula is C8H14FNO5S. The van der Waals surface area contributed by atoms with Crippen LogP contribution in [0.15, 0.2) is 0 Å². The van der Waals surface area contributed by atoms with Crippen LogP contribution in [0.25, 0.3) is 0 Å². The lowest BCUT2D eigenvalue weighted by atomic mass is 10.1. The van der Waals surface area contributed by atoms with Crippen LogP contribution in [0.5, 0.6) is 0 Å². The van der Waals surface area contributed by atoms with Gasteiger partial charge in [0.05, 0.1) is 0 Å². The molecule has 0 aromatic carbocycles. The Labute approximate surface area is 96.2 Å². The third kappa shape index (κ3) is 6.59. The molecule has 0 heterocycles. The van der Waals surface area contributed by atoms with E-state index in [1.54, 1.807) is 0 Å². The first-order valence-electron chi connectivity index (χ1n) is 4.55. The largest absolute Gasteiger partial charge is 0.480 e. The van der Waals surface area contributed by atoms with Gasteiger partial charge in [-0.3, -0.25) is 4.79 Å². The van der Waals surface area contributed by atoms with E-state index in [0.717, 1.165) is 0 Å². The van der Waals surface area contributed by atoms with Gasteiger partial charge in [0.1, 0.15) is 6.04 Å². The molecule has 0 aromatic heterocycles. The van der Waals surface area contributed by atoms with E-state index in [0.29, 0.717) is 6.42 Å². The zero-order chi connectivity index (χ0) is 12.6. The number of hydrogen-bond donors (Lipinski definition) is 3. The number of carboxylic acids is 2. The summed E-state index contributed by atoms with van der Waals surface area (Å²) in [6.07, 6.45) is -1.23. The van der Waals surface area contributed by atoms with Crippen LogP contribution in [0.4, 0.5) is 3.89 Å². The van der Waals surface area contributed by atoms with Crippen LogP contribution < -0.4 is 5.73 Å². The minimum atomic E-state index is -1.28. The summed E-state index contributed by atoms with van der Waals surface area (Å²) in [6.45, 7) is 0.0558. The number of aliphatic carboxylic acids is 2. The van der Waals surface area contributed by atoms with E-state index < -0.39 is 24.1 Å². The lowest BCUT2D eigenvalue weighted by molar-refractivity contribution is -0.152. The van der Waals surface area contributed by atoms with Gasteiger partial charge in [0.15, 0.2) is 6.10 Å². The van der Waals surface area contributed by atoms with E-state index in [2.05, 4.69) is 0 Å². The van der Waals surface area contributed by atoms with E-state index >= 15 is 0 Å². The molecule has 0 aromatic rings. The van der Waals surface area contributed by atoms with Gasteiger partial charge in [-0.25, -0.2) is 4.79 Å². The average molecular weight is 255 g/mol. The zero-order valence-corrected chi connectivity index (χ0v) is 9.28. The molecule has 4 N–H and O–H groups in total. The molecule has 6 nitrogen and oxygen atoms in total. The van der Waals surface area contributed by atoms with E-state index in [-0.39, 0.29) is 30.9 Å². The van der Waals surface area contributed by atoms with Gasteiger partial charge in [0.2, 0.25) is 0 Å². The van der Waals surface area contributed by atoms with Crippen LogP contribution in [0, 0.1) is 0 Å². The highest BCUT2D eigenvalue weighted by Crippen LogP contribution is 2.06. The van der Waals surface area contributed by atoms with Gasteiger partial charge in [0, 0.05) is 30.9 Å². The minimum Gasteiger partial charge on any atom is -0.480 e. The fourth-order valence-corrected chi connectivity index (χ4v) is 1.14. The standard InChI is InChI=1S/C8H14FNO5S/c9-16-3-1-2-15-6(8(13)14)4-5(10)7(11)12/h5-6H,1-4,10H2,(H,11,12)(H,13,14). The third-order valence-corrected chi connectivity index (χ3v) is 2.19. The molecule has 0 saturated carbocycles. The number of ether oxygens (including phenoxy) is 1. The second-order valence-electron chi connectivity index (χ2n) is 3.04. The highest BCUT2D eigenvalue weighted by Gasteiger charge is 2.24. The maximum atomic E-state index is 11.6. The van der Waals surface area contributed by atoms with Crippen LogP contribution in [0.2, 0.25) is 0 Å². The second kappa shape index (κ2) is 8.31. The normalized spacial score (nSPS) is 14.4. The minimum absolute atomic E-state index is 0.0558. The van der Waals surface area contributed by atoms with Crippen molar-refractivity contribution in [3.8, 4) is 0 Å². The molecule has 0 spiro atoms. The lowest BCUT2D eigenvalue weighted by Gasteiger charge is -2.15. The molecule has 16 heavy (non-hydrogen) atoms. The van der Waals surface area contributed by atoms with Gasteiger partial charge in [0.25, 0.3) is 0 Å². The molecule has 8 heteroatoms. The Morgan fingerprint density at radius 2 is 2.00 bits per heavy atom. The Hall–Kier alpha value is -0.860. The molecule has 0 aliphatic carbocycles. The summed E-state index contributed by atoms with van der Waals surface area (Å²) in [5.74, 6) is -2.35. The maximum Gasteiger partial charge on any atom is 0.332 e. The Kier molecular flexibility index (Phi) is 7.86. The van der Waals surface area contributed by atoms with Crippen LogP contribution >= 0.6 is 12.1 Å². The summed E-state index contributed by atoms with van der Waals surface area (Å²) in [6, 6.07) is -1.28. The number of carbonyl (C=O) groups is 2. The van der Waals surface area contributed by atoms with E-state index in [1.807, 2.05) is 0 Å². The van der Waals surface area contributed by atoms with E-state index in [9.17, 15) is 13.5 Å². The number of nitrogens with two attached hydrogens (primary N) is 1. The topological polar surface area (TPSA) is 110 Å². The second-order valence-corrected chi connectivity index (χ2v) is 3.67. The molecule has 0 aliphatic rings. The molecule has 0 bridgehead atoms. The molecule has 2 unspecified atom stereocenters. The molecule has 0 aliphatic heterocycles. The molecule has 0 rings (SSSR count). The average Bonchev–Trinajstić information content (AvgIpc) is 2.21. The number of rotatable bonds is 9. The fourth-order valence-electron chi connectivity index (χ4n) is 0.911. The van der Waals surface area contributed by atoms with Crippen molar-refractivity contribution in [1.29, 1.82) is 0 Å². The predicted octanol–water partition coefficient (Wildman–Crippen LogP) is 0.266. The zero-order valence-electron chi connectivity index (χ0n) is 8.47. The van der Waals surface area contributed by atoms with Crippen LogP contribution in [0.1, 0.15) is 12.8 Å². The van der Waals surface area contributed by atoms with Crippen LogP contribution in [-0.2, 0) is 14.3 Å². The van der Waals surface area contributed by atoms with Gasteiger partial charge in [-0.1, -0.05) is 0 Å². The molecule has 0 radical (unpaired) electrons. The summed E-state index contributed by atoms with van der Waals surface area (Å²) in [4.78, 5) is 21.1. The smallest absolute Gasteiger partial charge is 0.332 e. The summed E-state index contributed by atoms with van der Waals surface area (Å²) >= 11 is 0.134. The van der Waals surface area contributed by atoms with E-state index in [4.69, 9.17) is 20.7 Å². The van der Waals surface area contributed by atoms with Crippen LogP contribution in [0.3, 0.4) is 0 Å². The fraction of sp³-hybridized carbons (Fsp3) is 0.750. The van der Waals surface area contributed by atoms with Crippen molar-refractivity contribution >= 4 is 24.1 Å². The summed E-state index contributed by atoms with van der Waals surface area (Å²) in [7, 11) is 0. The van der Waals surface area contributed by atoms with Gasteiger partial charge < -0.3 is 20.7 Å². The van der Waals surface area contributed by atoms with Gasteiger partial charge in [-0.15, -0.1) is 0 Å². The van der Waals surface area contributed by atoms with Crippen molar-refractivity contribution < 1.29 is 28.4 Å². The molecular weight excluding hydrogens is 241 g/mol. The molecule has 2 atom stereocenters. The lowest BCUT2D eigenvalue weighted by Crippen LogP contribution is -2.38. The number of carboxylic acid groups (broad SMARTS) is 2. The number of hydrogen-bond acceptors (Lipinski definition) is 5. The Morgan fingerprint density at radius 1 is 1.38 bits per heavy atom. The van der Waals surface area contributed by atoms with Crippen LogP contribution in [-0.4, -0.2) is 46.7 Å². The molecule has 0 amide bonds. The molecule has 94 valence electrons. The van der Waals surface area contributed by atoms with Crippen molar-refractivity contribution in [3.63, 3.8) is 0 Å². The maximum absolute atomic E-state index is 11.6. The quantitative estimate of drug-likeness (QED) is 0.507. The molecule has 0 fully saturated rings. The highest BCUT2D eigenvalue weighted by molar-refractivity contribution is 7.94. The van der Waals surface area contributed by atoms with Gasteiger partial charge in [-0.2, -0.15) is 3.89 Å². The van der Waals surface area contributed by atoms with Crippen molar-refractivity contribution in [2.75, 3.05) is 12.4 Å². The monoisotopic (exact) mass is 255 g/mol. The summed E-state index contributed by atoms with van der Waals surface area (Å²) < 4.78 is 16.5. The summed E-state index contributed by atoms with van der Waals surface area (Å²) in [5, 5.41) is 17.2. The van der Waals surface area contributed by atoms with Gasteiger partial charge in [-0.05, 0) is 6.42 Å². The Balaban J connectivity index is 3.98. The van der Waals surface area contributed by atoms with Crippen molar-refractivity contribution in [3.05, 3.63) is 0 Å². The first kappa shape index (κ1) is 15.1. The first-order chi connectivity index (χ1) is 7.49. The highest BCUT2D eigenvalue weighted by atomic mass is 32.2. The Bertz CT molecular complexity index is 240. The predicted molar refractivity (Wildman–Crippen MR) is 55.8 cm³/mol. The third-order valence-electron chi connectivity index (χ3n) is 1.75. The van der Waals surface area contributed by atoms with Gasteiger partial charge >= 0.3 is 11.9 Å². The number of halogens is 1. The van der Waals surface area contributed by atoms with Crippen molar-refractivity contribution in [2.45, 2.75) is 25.0 Å². The molecule has 0 saturated heterocycles. The first-order valence-corrected chi connectivity index (χ1v) is 5.44. The SMILES string of the molecule is NC(CC(OCCCSF)C(=O)O)C(=O)O. The van der Waals surface area contributed by atoms with E-state index in [1.165, 1.54) is 0 Å². The van der Waals surface area contributed by atoms with Crippen molar-refractivity contribution in [1.82, 2.24) is 0 Å². The summed E-state index contributed by atoms with van der Waals surface area (Å²) in [5.41, 5.74) is 5.18.